The minimum absolute atomic E-state index is 0.0749. The molecule has 1 aromatic carbocycles. The summed E-state index contributed by atoms with van der Waals surface area (Å²) in [4.78, 5) is 33.5. The molecule has 1 rings (SSSR count). The molecule has 0 saturated carbocycles. The SMILES string of the molecule is CCOC(=O)Oc1ccc(C(=O)O)cc1OC(=O)OCC. The van der Waals surface area contributed by atoms with Crippen LogP contribution in [-0.4, -0.2) is 36.6 Å². The van der Waals surface area contributed by atoms with E-state index in [-0.39, 0.29) is 30.3 Å². The Kier molecular flexibility index (Phi) is 5.99. The predicted molar refractivity (Wildman–Crippen MR) is 68.7 cm³/mol. The Labute approximate surface area is 120 Å². The lowest BCUT2D eigenvalue weighted by Crippen LogP contribution is -2.14. The van der Waals surface area contributed by atoms with E-state index < -0.39 is 18.3 Å². The van der Waals surface area contributed by atoms with Crippen molar-refractivity contribution in [3.05, 3.63) is 23.8 Å². The largest absolute Gasteiger partial charge is 0.513 e. The fraction of sp³-hybridized carbons (Fsp3) is 0.308. The lowest BCUT2D eigenvalue weighted by atomic mass is 10.2. The summed E-state index contributed by atoms with van der Waals surface area (Å²) >= 11 is 0. The molecule has 0 fully saturated rings. The van der Waals surface area contributed by atoms with Crippen molar-refractivity contribution in [1.29, 1.82) is 0 Å². The maximum Gasteiger partial charge on any atom is 0.513 e. The van der Waals surface area contributed by atoms with Gasteiger partial charge in [0.05, 0.1) is 18.8 Å². The van der Waals surface area contributed by atoms with E-state index in [1.165, 1.54) is 12.1 Å². The van der Waals surface area contributed by atoms with E-state index in [2.05, 4.69) is 9.47 Å². The number of hydrogen-bond acceptors (Lipinski definition) is 7. The molecule has 21 heavy (non-hydrogen) atoms. The van der Waals surface area contributed by atoms with Crippen LogP contribution in [0.4, 0.5) is 9.59 Å². The molecule has 0 radical (unpaired) electrons. The van der Waals surface area contributed by atoms with Crippen LogP contribution in [0, 0.1) is 0 Å². The van der Waals surface area contributed by atoms with Crippen molar-refractivity contribution in [1.82, 2.24) is 0 Å². The Balaban J connectivity index is 3.01. The van der Waals surface area contributed by atoms with Crippen molar-refractivity contribution in [2.45, 2.75) is 13.8 Å². The third-order valence-corrected chi connectivity index (χ3v) is 2.10. The average Bonchev–Trinajstić information content (AvgIpc) is 2.41. The molecule has 0 aliphatic heterocycles. The molecule has 8 heteroatoms. The Morgan fingerprint density at radius 2 is 1.48 bits per heavy atom. The first-order chi connectivity index (χ1) is 9.97. The number of ether oxygens (including phenoxy) is 4. The molecule has 0 amide bonds. The van der Waals surface area contributed by atoms with Gasteiger partial charge in [-0.05, 0) is 32.0 Å². The molecule has 0 bridgehead atoms. The van der Waals surface area contributed by atoms with Crippen LogP contribution in [0.2, 0.25) is 0 Å². The minimum Gasteiger partial charge on any atom is -0.478 e. The zero-order chi connectivity index (χ0) is 15.8. The molecule has 0 unspecified atom stereocenters. The van der Waals surface area contributed by atoms with Gasteiger partial charge in [0, 0.05) is 0 Å². The van der Waals surface area contributed by atoms with E-state index >= 15 is 0 Å². The third-order valence-electron chi connectivity index (χ3n) is 2.10. The molecule has 8 nitrogen and oxygen atoms in total. The third kappa shape index (κ3) is 5.01. The summed E-state index contributed by atoms with van der Waals surface area (Å²) in [5.41, 5.74) is -0.148. The van der Waals surface area contributed by atoms with Crippen molar-refractivity contribution in [2.24, 2.45) is 0 Å². The van der Waals surface area contributed by atoms with Crippen molar-refractivity contribution in [3.63, 3.8) is 0 Å². The van der Waals surface area contributed by atoms with E-state index in [1.54, 1.807) is 13.8 Å². The predicted octanol–water partition coefficient (Wildman–Crippen LogP) is 2.46. The lowest BCUT2D eigenvalue weighted by molar-refractivity contribution is 0.0694. The van der Waals surface area contributed by atoms with Crippen LogP contribution in [0.1, 0.15) is 24.2 Å². The molecule has 0 saturated heterocycles. The quantitative estimate of drug-likeness (QED) is 0.652. The number of benzene rings is 1. The fourth-order valence-electron chi connectivity index (χ4n) is 1.28. The van der Waals surface area contributed by atoms with E-state index in [9.17, 15) is 14.4 Å². The second kappa shape index (κ2) is 7.73. The number of aromatic carboxylic acids is 1. The van der Waals surface area contributed by atoms with Gasteiger partial charge in [-0.3, -0.25) is 0 Å². The van der Waals surface area contributed by atoms with Crippen LogP contribution in [0.25, 0.3) is 0 Å². The van der Waals surface area contributed by atoms with Gasteiger partial charge in [-0.25, -0.2) is 14.4 Å². The van der Waals surface area contributed by atoms with Gasteiger partial charge in [0.15, 0.2) is 11.5 Å². The van der Waals surface area contributed by atoms with E-state index in [1.807, 2.05) is 0 Å². The topological polar surface area (TPSA) is 108 Å². The summed E-state index contributed by atoms with van der Waals surface area (Å²) in [5, 5.41) is 8.90. The van der Waals surface area contributed by atoms with Gasteiger partial charge in [0.1, 0.15) is 0 Å². The first-order valence-corrected chi connectivity index (χ1v) is 6.04. The van der Waals surface area contributed by atoms with Gasteiger partial charge in [-0.1, -0.05) is 0 Å². The maximum atomic E-state index is 11.3. The van der Waals surface area contributed by atoms with Crippen LogP contribution in [0.5, 0.6) is 11.5 Å². The summed E-state index contributed by atoms with van der Waals surface area (Å²) in [6.45, 7) is 3.33. The van der Waals surface area contributed by atoms with Gasteiger partial charge < -0.3 is 24.1 Å². The highest BCUT2D eigenvalue weighted by Gasteiger charge is 2.17. The van der Waals surface area contributed by atoms with Crippen molar-refractivity contribution in [3.8, 4) is 11.5 Å². The molecule has 0 aromatic heterocycles. The van der Waals surface area contributed by atoms with Crippen LogP contribution in [0.3, 0.4) is 0 Å². The highest BCUT2D eigenvalue weighted by Crippen LogP contribution is 2.29. The van der Waals surface area contributed by atoms with E-state index in [4.69, 9.17) is 14.6 Å². The normalized spacial score (nSPS) is 9.62. The standard InChI is InChI=1S/C13H14O8/c1-3-18-12(16)20-9-6-5-8(11(14)15)7-10(9)21-13(17)19-4-2/h5-7H,3-4H2,1-2H3,(H,14,15). The second-order valence-electron chi connectivity index (χ2n) is 3.54. The zero-order valence-corrected chi connectivity index (χ0v) is 11.5. The van der Waals surface area contributed by atoms with E-state index in [0.29, 0.717) is 0 Å². The molecule has 1 aromatic rings. The van der Waals surface area contributed by atoms with Crippen molar-refractivity contribution >= 4 is 18.3 Å². The number of hydrogen-bond donors (Lipinski definition) is 1. The molecule has 0 atom stereocenters. The maximum absolute atomic E-state index is 11.3. The van der Waals surface area contributed by atoms with Crippen LogP contribution < -0.4 is 9.47 Å². The monoisotopic (exact) mass is 298 g/mol. The summed E-state index contributed by atoms with van der Waals surface area (Å²) in [5.74, 6) is -1.65. The molecule has 0 aliphatic rings. The smallest absolute Gasteiger partial charge is 0.478 e. The molecule has 0 aliphatic carbocycles. The first-order valence-electron chi connectivity index (χ1n) is 6.04. The number of carbonyl (C=O) groups excluding carboxylic acids is 2. The highest BCUT2D eigenvalue weighted by molar-refractivity contribution is 5.89. The summed E-state index contributed by atoms with van der Waals surface area (Å²) in [7, 11) is 0. The Hall–Kier alpha value is -2.77. The van der Waals surface area contributed by atoms with Gasteiger partial charge in [-0.2, -0.15) is 0 Å². The molecular weight excluding hydrogens is 284 g/mol. The van der Waals surface area contributed by atoms with Crippen LogP contribution in [-0.2, 0) is 9.47 Å². The Morgan fingerprint density at radius 1 is 0.952 bits per heavy atom. The minimum atomic E-state index is -1.23. The molecular formula is C13H14O8. The van der Waals surface area contributed by atoms with Crippen molar-refractivity contribution < 1.29 is 38.4 Å². The summed E-state index contributed by atoms with van der Waals surface area (Å²) in [6.07, 6.45) is -2.05. The fourth-order valence-corrected chi connectivity index (χ4v) is 1.28. The molecule has 1 N–H and O–H groups in total. The number of carboxylic acid groups (broad SMARTS) is 1. The van der Waals surface area contributed by atoms with Crippen molar-refractivity contribution in [2.75, 3.05) is 13.2 Å². The Morgan fingerprint density at radius 3 is 1.95 bits per heavy atom. The van der Waals surface area contributed by atoms with Gasteiger partial charge in [0.2, 0.25) is 0 Å². The van der Waals surface area contributed by atoms with Crippen LogP contribution in [0.15, 0.2) is 18.2 Å². The van der Waals surface area contributed by atoms with E-state index in [0.717, 1.165) is 6.07 Å². The average molecular weight is 298 g/mol. The summed E-state index contributed by atoms with van der Waals surface area (Å²) in [6, 6.07) is 3.40. The molecule has 0 heterocycles. The Bertz CT molecular complexity index is 537. The first kappa shape index (κ1) is 16.3. The van der Waals surface area contributed by atoms with Gasteiger partial charge >= 0.3 is 18.3 Å². The lowest BCUT2D eigenvalue weighted by Gasteiger charge is -2.10. The molecule has 0 spiro atoms. The molecule has 114 valence electrons. The highest BCUT2D eigenvalue weighted by atomic mass is 16.7. The second-order valence-corrected chi connectivity index (χ2v) is 3.54. The summed E-state index contributed by atoms with van der Waals surface area (Å²) < 4.78 is 18.8. The van der Waals surface area contributed by atoms with Gasteiger partial charge in [0.25, 0.3) is 0 Å². The number of carboxylic acids is 1. The van der Waals surface area contributed by atoms with Gasteiger partial charge in [-0.15, -0.1) is 0 Å². The number of carbonyl (C=O) groups is 3. The van der Waals surface area contributed by atoms with Crippen LogP contribution >= 0.6 is 0 Å². The zero-order valence-electron chi connectivity index (χ0n) is 11.5. The number of rotatable bonds is 5.